The van der Waals surface area contributed by atoms with Crippen molar-refractivity contribution in [1.29, 1.82) is 0 Å². The molecule has 29 heavy (non-hydrogen) atoms. The van der Waals surface area contributed by atoms with Crippen LogP contribution in [0.25, 0.3) is 0 Å². The van der Waals surface area contributed by atoms with Crippen LogP contribution in [0.4, 0.5) is 5.69 Å². The van der Waals surface area contributed by atoms with Gasteiger partial charge in [-0.1, -0.05) is 0 Å². The lowest BCUT2D eigenvalue weighted by atomic mass is 10.3. The Morgan fingerprint density at radius 2 is 1.62 bits per heavy atom. The molecule has 0 fully saturated rings. The summed E-state index contributed by atoms with van der Waals surface area (Å²) in [6.45, 7) is 4.08. The number of hydrogen-bond acceptors (Lipinski definition) is 6. The highest BCUT2D eigenvalue weighted by Crippen LogP contribution is 2.31. The number of hydrogen-bond donors (Lipinski definition) is 1. The predicted octanol–water partition coefficient (Wildman–Crippen LogP) is 2.75. The quantitative estimate of drug-likeness (QED) is 0.633. The number of carbonyl (C=O) groups is 1. The smallest absolute Gasteiger partial charge is 0.243 e. The van der Waals surface area contributed by atoms with E-state index in [4.69, 9.17) is 14.2 Å². The second-order valence-electron chi connectivity index (χ2n) is 6.01. The SMILES string of the molecule is CCOc1ccc(S(=O)(=O)N(C)CC(=O)Nc2ccc(OC)cc2)cc1OCC. The number of anilines is 1. The third-order valence-electron chi connectivity index (χ3n) is 3.96. The number of ether oxygens (including phenoxy) is 3. The number of amides is 1. The van der Waals surface area contributed by atoms with Gasteiger partial charge in [-0.05, 0) is 50.2 Å². The first-order valence-corrected chi connectivity index (χ1v) is 10.6. The average molecular weight is 423 g/mol. The number of benzene rings is 2. The van der Waals surface area contributed by atoms with Crippen molar-refractivity contribution in [3.63, 3.8) is 0 Å². The molecule has 0 saturated carbocycles. The zero-order chi connectivity index (χ0) is 21.4. The van der Waals surface area contributed by atoms with Crippen LogP contribution in [-0.4, -0.2) is 52.5 Å². The maximum Gasteiger partial charge on any atom is 0.243 e. The van der Waals surface area contributed by atoms with Crippen LogP contribution in [0, 0.1) is 0 Å². The van der Waals surface area contributed by atoms with Crippen molar-refractivity contribution < 1.29 is 27.4 Å². The Balaban J connectivity index is 2.12. The molecule has 0 saturated heterocycles. The normalized spacial score (nSPS) is 11.2. The molecule has 0 heterocycles. The minimum Gasteiger partial charge on any atom is -0.497 e. The monoisotopic (exact) mass is 422 g/mol. The summed E-state index contributed by atoms with van der Waals surface area (Å²) in [4.78, 5) is 12.3. The number of methoxy groups -OCH3 is 1. The van der Waals surface area contributed by atoms with E-state index in [1.807, 2.05) is 6.92 Å². The van der Waals surface area contributed by atoms with Crippen LogP contribution in [0.2, 0.25) is 0 Å². The van der Waals surface area contributed by atoms with Gasteiger partial charge in [-0.2, -0.15) is 4.31 Å². The Morgan fingerprint density at radius 1 is 1.00 bits per heavy atom. The van der Waals surface area contributed by atoms with E-state index in [2.05, 4.69) is 5.32 Å². The first kappa shape index (κ1) is 22.5. The molecule has 0 unspecified atom stereocenters. The van der Waals surface area contributed by atoms with Gasteiger partial charge in [0.15, 0.2) is 11.5 Å². The number of sulfonamides is 1. The van der Waals surface area contributed by atoms with E-state index in [1.165, 1.54) is 19.2 Å². The predicted molar refractivity (Wildman–Crippen MR) is 110 cm³/mol. The summed E-state index contributed by atoms with van der Waals surface area (Å²) in [5.41, 5.74) is 0.543. The highest BCUT2D eigenvalue weighted by atomic mass is 32.2. The van der Waals surface area contributed by atoms with Crippen molar-refractivity contribution in [1.82, 2.24) is 4.31 Å². The van der Waals surface area contributed by atoms with E-state index >= 15 is 0 Å². The van der Waals surface area contributed by atoms with Gasteiger partial charge in [0.1, 0.15) is 5.75 Å². The van der Waals surface area contributed by atoms with Crippen molar-refractivity contribution in [3.8, 4) is 17.2 Å². The third-order valence-corrected chi connectivity index (χ3v) is 5.76. The first-order chi connectivity index (χ1) is 13.8. The molecule has 9 heteroatoms. The summed E-state index contributed by atoms with van der Waals surface area (Å²) >= 11 is 0. The van der Waals surface area contributed by atoms with Gasteiger partial charge in [0.05, 0.1) is 31.8 Å². The van der Waals surface area contributed by atoms with Crippen LogP contribution in [0.15, 0.2) is 47.4 Å². The van der Waals surface area contributed by atoms with Gasteiger partial charge in [0, 0.05) is 18.8 Å². The van der Waals surface area contributed by atoms with E-state index < -0.39 is 15.9 Å². The molecule has 0 atom stereocenters. The molecule has 2 rings (SSSR count). The number of nitrogens with zero attached hydrogens (tertiary/aromatic N) is 1. The summed E-state index contributed by atoms with van der Waals surface area (Å²) in [7, 11) is -0.999. The third kappa shape index (κ3) is 5.85. The highest BCUT2D eigenvalue weighted by molar-refractivity contribution is 7.89. The lowest BCUT2D eigenvalue weighted by Gasteiger charge is -2.18. The molecule has 8 nitrogen and oxygen atoms in total. The van der Waals surface area contributed by atoms with E-state index in [9.17, 15) is 13.2 Å². The highest BCUT2D eigenvalue weighted by Gasteiger charge is 2.24. The van der Waals surface area contributed by atoms with Crippen molar-refractivity contribution >= 4 is 21.6 Å². The van der Waals surface area contributed by atoms with Gasteiger partial charge in [-0.15, -0.1) is 0 Å². The number of likely N-dealkylation sites (N-methyl/N-ethyl adjacent to an activating group) is 1. The molecule has 0 radical (unpaired) electrons. The van der Waals surface area contributed by atoms with Crippen molar-refractivity contribution in [2.24, 2.45) is 0 Å². The second kappa shape index (κ2) is 10.1. The summed E-state index contributed by atoms with van der Waals surface area (Å²) < 4.78 is 42.7. The summed E-state index contributed by atoms with van der Waals surface area (Å²) in [6.07, 6.45) is 0. The van der Waals surface area contributed by atoms with Gasteiger partial charge < -0.3 is 19.5 Å². The molecule has 1 N–H and O–H groups in total. The molecule has 158 valence electrons. The van der Waals surface area contributed by atoms with Gasteiger partial charge in [0.25, 0.3) is 0 Å². The van der Waals surface area contributed by atoms with E-state index in [1.54, 1.807) is 44.4 Å². The standard InChI is InChI=1S/C20H26N2O6S/c1-5-27-18-12-11-17(13-19(18)28-6-2)29(24,25)22(3)14-20(23)21-15-7-9-16(26-4)10-8-15/h7-13H,5-6,14H2,1-4H3,(H,21,23). The van der Waals surface area contributed by atoms with Crippen LogP contribution in [0.1, 0.15) is 13.8 Å². The molecule has 0 aliphatic rings. The Hall–Kier alpha value is -2.78. The molecular weight excluding hydrogens is 396 g/mol. The van der Waals surface area contributed by atoms with Crippen molar-refractivity contribution in [2.45, 2.75) is 18.7 Å². The van der Waals surface area contributed by atoms with Crippen LogP contribution < -0.4 is 19.5 Å². The Labute approximate surface area is 171 Å². The van der Waals surface area contributed by atoms with Gasteiger partial charge in [-0.3, -0.25) is 4.79 Å². The number of nitrogens with one attached hydrogen (secondary N) is 1. The molecule has 0 bridgehead atoms. The van der Waals surface area contributed by atoms with E-state index in [0.717, 1.165) is 4.31 Å². The lowest BCUT2D eigenvalue weighted by molar-refractivity contribution is -0.116. The lowest BCUT2D eigenvalue weighted by Crippen LogP contribution is -2.35. The fourth-order valence-electron chi connectivity index (χ4n) is 2.53. The minimum atomic E-state index is -3.89. The zero-order valence-corrected chi connectivity index (χ0v) is 17.8. The van der Waals surface area contributed by atoms with Gasteiger partial charge in [-0.25, -0.2) is 8.42 Å². The van der Waals surface area contributed by atoms with Crippen molar-refractivity contribution in [2.75, 3.05) is 39.2 Å². The maximum absolute atomic E-state index is 12.9. The average Bonchev–Trinajstić information content (AvgIpc) is 2.70. The zero-order valence-electron chi connectivity index (χ0n) is 17.0. The summed E-state index contributed by atoms with van der Waals surface area (Å²) in [5.74, 6) is 1.00. The molecule has 2 aromatic carbocycles. The first-order valence-electron chi connectivity index (χ1n) is 9.11. The fourth-order valence-corrected chi connectivity index (χ4v) is 3.68. The minimum absolute atomic E-state index is 0.0177. The van der Waals surface area contributed by atoms with Gasteiger partial charge in [0.2, 0.25) is 15.9 Å². The molecule has 0 aromatic heterocycles. The summed E-state index contributed by atoms with van der Waals surface area (Å²) in [6, 6.07) is 11.1. The van der Waals surface area contributed by atoms with Gasteiger partial charge >= 0.3 is 0 Å². The Kier molecular flexibility index (Phi) is 7.86. The summed E-state index contributed by atoms with van der Waals surface area (Å²) in [5, 5.41) is 2.66. The fraction of sp³-hybridized carbons (Fsp3) is 0.350. The number of carbonyl (C=O) groups excluding carboxylic acids is 1. The molecule has 0 spiro atoms. The van der Waals surface area contributed by atoms with E-state index in [-0.39, 0.29) is 11.4 Å². The van der Waals surface area contributed by atoms with E-state index in [0.29, 0.717) is 36.1 Å². The number of rotatable bonds is 10. The molecule has 2 aromatic rings. The molecule has 1 amide bonds. The van der Waals surface area contributed by atoms with Crippen LogP contribution in [-0.2, 0) is 14.8 Å². The topological polar surface area (TPSA) is 94.2 Å². The van der Waals surface area contributed by atoms with Crippen LogP contribution >= 0.6 is 0 Å². The maximum atomic E-state index is 12.9. The molecule has 0 aliphatic carbocycles. The Bertz CT molecular complexity index is 928. The van der Waals surface area contributed by atoms with Crippen LogP contribution in [0.5, 0.6) is 17.2 Å². The largest absolute Gasteiger partial charge is 0.497 e. The molecule has 0 aliphatic heterocycles. The van der Waals surface area contributed by atoms with Crippen LogP contribution in [0.3, 0.4) is 0 Å². The Morgan fingerprint density at radius 3 is 2.21 bits per heavy atom. The second-order valence-corrected chi connectivity index (χ2v) is 8.06. The molecular formula is C20H26N2O6S. The van der Waals surface area contributed by atoms with Crippen molar-refractivity contribution in [3.05, 3.63) is 42.5 Å².